The summed E-state index contributed by atoms with van der Waals surface area (Å²) in [5.41, 5.74) is 1.07. The van der Waals surface area contributed by atoms with E-state index >= 15 is 0 Å². The van der Waals surface area contributed by atoms with Crippen molar-refractivity contribution in [1.82, 2.24) is 0 Å². The smallest absolute Gasteiger partial charge is 0.162 e. The maximum absolute atomic E-state index is 11.5. The third-order valence-corrected chi connectivity index (χ3v) is 3.18. The zero-order valence-corrected chi connectivity index (χ0v) is 10.1. The molecule has 1 aliphatic carbocycles. The Morgan fingerprint density at radius 2 is 2.00 bits per heavy atom. The van der Waals surface area contributed by atoms with Gasteiger partial charge in [-0.25, -0.2) is 0 Å². The number of rotatable bonds is 2. The lowest BCUT2D eigenvalue weighted by atomic mass is 10.0. The summed E-state index contributed by atoms with van der Waals surface area (Å²) in [6.07, 6.45) is 1.08. The van der Waals surface area contributed by atoms with Crippen LogP contribution in [0.4, 0.5) is 0 Å². The van der Waals surface area contributed by atoms with Crippen LogP contribution in [0.3, 0.4) is 0 Å². The van der Waals surface area contributed by atoms with Crippen molar-refractivity contribution >= 4 is 21.7 Å². The highest BCUT2D eigenvalue weighted by molar-refractivity contribution is 9.10. The Bertz CT molecular complexity index is 477. The molecule has 0 aliphatic heterocycles. The van der Waals surface area contributed by atoms with Gasteiger partial charge in [-0.2, -0.15) is 0 Å². The molecule has 0 radical (unpaired) electrons. The van der Waals surface area contributed by atoms with Crippen molar-refractivity contribution in [3.63, 3.8) is 0 Å². The zero-order chi connectivity index (χ0) is 11.7. The number of carbonyl (C=O) groups is 1. The SMILES string of the molecule is O=C1CCC(O)=C1Cc1cc(Br)ccc1O. The van der Waals surface area contributed by atoms with Crippen LogP contribution in [0.1, 0.15) is 18.4 Å². The van der Waals surface area contributed by atoms with Gasteiger partial charge in [-0.3, -0.25) is 4.79 Å². The first kappa shape index (κ1) is 11.2. The van der Waals surface area contributed by atoms with Crippen LogP contribution in [-0.2, 0) is 11.2 Å². The molecule has 16 heavy (non-hydrogen) atoms. The number of aromatic hydroxyl groups is 1. The zero-order valence-electron chi connectivity index (χ0n) is 8.53. The van der Waals surface area contributed by atoms with Crippen molar-refractivity contribution in [3.05, 3.63) is 39.6 Å². The first-order chi connectivity index (χ1) is 7.58. The predicted molar refractivity (Wildman–Crippen MR) is 63.4 cm³/mol. The molecule has 0 aromatic heterocycles. The highest BCUT2D eigenvalue weighted by Crippen LogP contribution is 2.29. The van der Waals surface area contributed by atoms with Gasteiger partial charge in [-0.05, 0) is 23.8 Å². The molecule has 0 heterocycles. The van der Waals surface area contributed by atoms with Crippen LogP contribution in [0.5, 0.6) is 5.75 Å². The number of aliphatic hydroxyl groups is 1. The first-order valence-corrected chi connectivity index (χ1v) is 5.79. The molecule has 0 amide bonds. The minimum atomic E-state index is -0.0307. The van der Waals surface area contributed by atoms with E-state index in [1.54, 1.807) is 18.2 Å². The van der Waals surface area contributed by atoms with Crippen molar-refractivity contribution < 1.29 is 15.0 Å². The summed E-state index contributed by atoms with van der Waals surface area (Å²) in [5.74, 6) is 0.268. The van der Waals surface area contributed by atoms with Crippen LogP contribution >= 0.6 is 15.9 Å². The van der Waals surface area contributed by atoms with Crippen molar-refractivity contribution in [3.8, 4) is 5.75 Å². The molecular weight excluding hydrogens is 272 g/mol. The standard InChI is InChI=1S/C12H11BrO3/c13-8-1-2-10(14)7(5-8)6-9-11(15)3-4-12(9)16/h1-2,5,14-15H,3-4,6H2. The minimum absolute atomic E-state index is 0.0307. The van der Waals surface area contributed by atoms with E-state index in [0.29, 0.717) is 24.0 Å². The number of allylic oxidation sites excluding steroid dienone is 2. The Kier molecular flexibility index (Phi) is 3.01. The summed E-state index contributed by atoms with van der Waals surface area (Å²) >= 11 is 3.30. The van der Waals surface area contributed by atoms with Crippen molar-refractivity contribution in [2.75, 3.05) is 0 Å². The van der Waals surface area contributed by atoms with Gasteiger partial charge in [0.25, 0.3) is 0 Å². The van der Waals surface area contributed by atoms with Crippen LogP contribution in [0.25, 0.3) is 0 Å². The lowest BCUT2D eigenvalue weighted by Gasteiger charge is -2.05. The largest absolute Gasteiger partial charge is 0.512 e. The average molecular weight is 283 g/mol. The van der Waals surface area contributed by atoms with E-state index in [9.17, 15) is 15.0 Å². The van der Waals surface area contributed by atoms with Crippen LogP contribution < -0.4 is 0 Å². The molecule has 2 rings (SSSR count). The van der Waals surface area contributed by atoms with Gasteiger partial charge in [-0.1, -0.05) is 15.9 Å². The van der Waals surface area contributed by atoms with E-state index < -0.39 is 0 Å². The van der Waals surface area contributed by atoms with Crippen molar-refractivity contribution in [1.29, 1.82) is 0 Å². The quantitative estimate of drug-likeness (QED) is 0.877. The summed E-state index contributed by atoms with van der Waals surface area (Å²) in [6, 6.07) is 5.04. The number of carbonyl (C=O) groups excluding carboxylic acids is 1. The van der Waals surface area contributed by atoms with Crippen LogP contribution in [0, 0.1) is 0 Å². The van der Waals surface area contributed by atoms with E-state index in [4.69, 9.17) is 0 Å². The maximum atomic E-state index is 11.5. The van der Waals surface area contributed by atoms with Crippen molar-refractivity contribution in [2.45, 2.75) is 19.3 Å². The highest BCUT2D eigenvalue weighted by atomic mass is 79.9. The molecule has 0 spiro atoms. The molecule has 0 atom stereocenters. The van der Waals surface area contributed by atoms with Gasteiger partial charge in [0.05, 0.1) is 5.76 Å². The number of aliphatic hydroxyl groups excluding tert-OH is 1. The molecule has 0 saturated carbocycles. The monoisotopic (exact) mass is 282 g/mol. The molecule has 1 aromatic rings. The first-order valence-electron chi connectivity index (χ1n) is 4.99. The third kappa shape index (κ3) is 2.11. The molecule has 0 unspecified atom stereocenters. The van der Waals surface area contributed by atoms with Gasteiger partial charge in [0.1, 0.15) is 5.75 Å². The van der Waals surface area contributed by atoms with Gasteiger partial charge in [0, 0.05) is 29.3 Å². The van der Waals surface area contributed by atoms with Gasteiger partial charge in [-0.15, -0.1) is 0 Å². The van der Waals surface area contributed by atoms with E-state index in [1.807, 2.05) is 0 Å². The molecule has 1 aliphatic rings. The number of hydrogen-bond donors (Lipinski definition) is 2. The summed E-state index contributed by atoms with van der Waals surface area (Å²) in [4.78, 5) is 11.5. The molecule has 0 saturated heterocycles. The Balaban J connectivity index is 2.30. The Labute approximate surface area is 102 Å². The lowest BCUT2D eigenvalue weighted by Crippen LogP contribution is -2.01. The van der Waals surface area contributed by atoms with Gasteiger partial charge >= 0.3 is 0 Å². The number of phenols is 1. The van der Waals surface area contributed by atoms with Crippen LogP contribution in [0.2, 0.25) is 0 Å². The number of hydrogen-bond acceptors (Lipinski definition) is 3. The Morgan fingerprint density at radius 1 is 1.25 bits per heavy atom. The second kappa shape index (κ2) is 4.29. The lowest BCUT2D eigenvalue weighted by molar-refractivity contribution is -0.115. The minimum Gasteiger partial charge on any atom is -0.512 e. The number of phenolic OH excluding ortho intramolecular Hbond substituents is 1. The molecule has 0 bridgehead atoms. The summed E-state index contributed by atoms with van der Waals surface area (Å²) in [7, 11) is 0. The fourth-order valence-corrected chi connectivity index (χ4v) is 2.19. The summed E-state index contributed by atoms with van der Waals surface area (Å²) < 4.78 is 0.839. The average Bonchev–Trinajstić information content (AvgIpc) is 2.55. The number of Topliss-reactive ketones (excluding diaryl/α,β-unsaturated/α-hetero) is 1. The highest BCUT2D eigenvalue weighted by Gasteiger charge is 2.23. The van der Waals surface area contributed by atoms with E-state index in [-0.39, 0.29) is 23.7 Å². The van der Waals surface area contributed by atoms with E-state index in [2.05, 4.69) is 15.9 Å². The number of halogens is 1. The number of ketones is 1. The second-order valence-electron chi connectivity index (χ2n) is 3.80. The third-order valence-electron chi connectivity index (χ3n) is 2.68. The topological polar surface area (TPSA) is 57.5 Å². The number of benzene rings is 1. The van der Waals surface area contributed by atoms with Crippen LogP contribution in [0.15, 0.2) is 34.0 Å². The van der Waals surface area contributed by atoms with Gasteiger partial charge in [0.15, 0.2) is 5.78 Å². The summed E-state index contributed by atoms with van der Waals surface area (Å²) in [6.45, 7) is 0. The normalized spacial score (nSPS) is 15.9. The van der Waals surface area contributed by atoms with Crippen molar-refractivity contribution in [2.24, 2.45) is 0 Å². The van der Waals surface area contributed by atoms with Gasteiger partial charge in [0.2, 0.25) is 0 Å². The summed E-state index contributed by atoms with van der Waals surface area (Å²) in [5, 5.41) is 19.2. The van der Waals surface area contributed by atoms with Crippen LogP contribution in [-0.4, -0.2) is 16.0 Å². The predicted octanol–water partition coefficient (Wildman–Crippen LogP) is 2.87. The fourth-order valence-electron chi connectivity index (χ4n) is 1.78. The molecule has 84 valence electrons. The second-order valence-corrected chi connectivity index (χ2v) is 4.71. The maximum Gasteiger partial charge on any atom is 0.162 e. The fraction of sp³-hybridized carbons (Fsp3) is 0.250. The molecule has 3 nitrogen and oxygen atoms in total. The molecule has 4 heteroatoms. The molecule has 1 aromatic carbocycles. The molecule has 0 fully saturated rings. The Hall–Kier alpha value is -1.29. The Morgan fingerprint density at radius 3 is 2.62 bits per heavy atom. The van der Waals surface area contributed by atoms with Gasteiger partial charge < -0.3 is 10.2 Å². The van der Waals surface area contributed by atoms with E-state index in [0.717, 1.165) is 4.47 Å². The molecule has 2 N–H and O–H groups in total. The molecular formula is C12H11BrO3. The van der Waals surface area contributed by atoms with E-state index in [1.165, 1.54) is 0 Å².